The highest BCUT2D eigenvalue weighted by Gasteiger charge is 2.41. The molecule has 0 saturated heterocycles. The van der Waals surface area contributed by atoms with Crippen LogP contribution in [-0.2, 0) is 14.3 Å². The number of benzene rings is 3. The fourth-order valence-corrected chi connectivity index (χ4v) is 5.38. The Morgan fingerprint density at radius 2 is 1.61 bits per heavy atom. The molecule has 3 aromatic carbocycles. The molecule has 1 aliphatic heterocycles. The van der Waals surface area contributed by atoms with E-state index >= 15 is 0 Å². The number of carbonyl (C=O) groups excluding carboxylic acids is 3. The lowest BCUT2D eigenvalue weighted by Crippen LogP contribution is -2.38. The molecule has 0 radical (unpaired) electrons. The van der Waals surface area contributed by atoms with Gasteiger partial charge in [0, 0.05) is 24.1 Å². The quantitative estimate of drug-likeness (QED) is 0.437. The summed E-state index contributed by atoms with van der Waals surface area (Å²) in [6, 6.07) is 21.8. The zero-order valence-electron chi connectivity index (χ0n) is 21.7. The SMILES string of the molecule is CCC(=O)N1c2ccccc2NC2=C(C(=O)C[C@H](c3ccc(OC)cc3)C2)[C@@H]1c1ccc(C(=O)OC)cc1. The van der Waals surface area contributed by atoms with Crippen LogP contribution < -0.4 is 15.0 Å². The Hall–Kier alpha value is -4.39. The molecule has 7 nitrogen and oxygen atoms in total. The summed E-state index contributed by atoms with van der Waals surface area (Å²) >= 11 is 0. The van der Waals surface area contributed by atoms with Crippen molar-refractivity contribution >= 4 is 29.0 Å². The van der Waals surface area contributed by atoms with E-state index in [0.29, 0.717) is 29.7 Å². The molecule has 1 heterocycles. The van der Waals surface area contributed by atoms with Crippen molar-refractivity contribution in [3.05, 3.63) is 101 Å². The standard InChI is InChI=1S/C31H30N2O5/c1-4-28(35)33-26-8-6-5-7-24(26)32-25-17-22(19-13-15-23(37-2)16-14-19)18-27(34)29(25)30(33)20-9-11-21(12-10-20)31(36)38-3/h5-16,22,30,32H,4,17-18H2,1-3H3/t22-,30+/m1/s1. The number of anilines is 2. The second-order valence-electron chi connectivity index (χ2n) is 9.47. The van der Waals surface area contributed by atoms with Crippen molar-refractivity contribution in [1.82, 2.24) is 0 Å². The van der Waals surface area contributed by atoms with E-state index in [1.165, 1.54) is 7.11 Å². The van der Waals surface area contributed by atoms with E-state index in [9.17, 15) is 14.4 Å². The van der Waals surface area contributed by atoms with Crippen molar-refractivity contribution in [2.75, 3.05) is 24.4 Å². The number of fused-ring (bicyclic) bond motifs is 1. The molecular formula is C31H30N2O5. The number of methoxy groups -OCH3 is 2. The highest BCUT2D eigenvalue weighted by molar-refractivity contribution is 6.06. The lowest BCUT2D eigenvalue weighted by Gasteiger charge is -2.35. The van der Waals surface area contributed by atoms with E-state index < -0.39 is 12.0 Å². The predicted molar refractivity (Wildman–Crippen MR) is 145 cm³/mol. The third-order valence-corrected chi connectivity index (χ3v) is 7.29. The maximum absolute atomic E-state index is 14.0. The molecule has 3 aromatic rings. The largest absolute Gasteiger partial charge is 0.497 e. The Kier molecular flexibility index (Phi) is 7.01. The Balaban J connectivity index is 1.66. The number of rotatable bonds is 5. The summed E-state index contributed by atoms with van der Waals surface area (Å²) in [5, 5.41) is 3.53. The van der Waals surface area contributed by atoms with Crippen molar-refractivity contribution in [2.24, 2.45) is 0 Å². The number of esters is 1. The van der Waals surface area contributed by atoms with Crippen molar-refractivity contribution in [2.45, 2.75) is 38.1 Å². The summed E-state index contributed by atoms with van der Waals surface area (Å²) in [6.45, 7) is 1.82. The van der Waals surface area contributed by atoms with Crippen LogP contribution in [0.3, 0.4) is 0 Å². The molecule has 1 N–H and O–H groups in total. The van der Waals surface area contributed by atoms with Crippen molar-refractivity contribution in [3.63, 3.8) is 0 Å². The lowest BCUT2D eigenvalue weighted by atomic mass is 9.78. The fourth-order valence-electron chi connectivity index (χ4n) is 5.38. The second kappa shape index (κ2) is 10.5. The molecule has 0 fully saturated rings. The van der Waals surface area contributed by atoms with E-state index in [0.717, 1.165) is 28.3 Å². The summed E-state index contributed by atoms with van der Waals surface area (Å²) < 4.78 is 10.2. The molecule has 2 atom stereocenters. The average molecular weight is 511 g/mol. The van der Waals surface area contributed by atoms with Crippen LogP contribution in [0.25, 0.3) is 0 Å². The molecular weight excluding hydrogens is 480 g/mol. The van der Waals surface area contributed by atoms with Crippen LogP contribution in [0.2, 0.25) is 0 Å². The van der Waals surface area contributed by atoms with Crippen LogP contribution in [0.4, 0.5) is 11.4 Å². The van der Waals surface area contributed by atoms with Gasteiger partial charge in [-0.05, 0) is 59.9 Å². The molecule has 0 bridgehead atoms. The van der Waals surface area contributed by atoms with Crippen molar-refractivity contribution in [3.8, 4) is 5.75 Å². The van der Waals surface area contributed by atoms with Crippen LogP contribution in [0.1, 0.15) is 59.6 Å². The van der Waals surface area contributed by atoms with Crippen molar-refractivity contribution < 1.29 is 23.9 Å². The first-order chi connectivity index (χ1) is 18.4. The molecule has 0 spiro atoms. The van der Waals surface area contributed by atoms with E-state index in [-0.39, 0.29) is 24.0 Å². The molecule has 2 aliphatic rings. The molecule has 38 heavy (non-hydrogen) atoms. The summed E-state index contributed by atoms with van der Waals surface area (Å²) in [4.78, 5) is 41.2. The summed E-state index contributed by atoms with van der Waals surface area (Å²) in [6.07, 6.45) is 1.22. The molecule has 0 saturated carbocycles. The molecule has 1 amide bonds. The van der Waals surface area contributed by atoms with Gasteiger partial charge in [-0.2, -0.15) is 0 Å². The molecule has 194 valence electrons. The number of nitrogens with one attached hydrogen (secondary N) is 1. The van der Waals surface area contributed by atoms with Gasteiger partial charge in [-0.15, -0.1) is 0 Å². The second-order valence-corrected chi connectivity index (χ2v) is 9.47. The number of allylic oxidation sites excluding steroid dienone is 1. The van der Waals surface area contributed by atoms with Gasteiger partial charge in [-0.25, -0.2) is 4.79 Å². The highest BCUT2D eigenvalue weighted by Crippen LogP contribution is 2.47. The normalized spacial score (nSPS) is 18.6. The van der Waals surface area contributed by atoms with Gasteiger partial charge < -0.3 is 14.8 Å². The van der Waals surface area contributed by atoms with E-state index in [1.807, 2.05) is 55.5 Å². The third-order valence-electron chi connectivity index (χ3n) is 7.29. The monoisotopic (exact) mass is 510 g/mol. The maximum atomic E-state index is 14.0. The molecule has 5 rings (SSSR count). The van der Waals surface area contributed by atoms with Crippen LogP contribution in [0, 0.1) is 0 Å². The zero-order chi connectivity index (χ0) is 26.8. The van der Waals surface area contributed by atoms with Gasteiger partial charge in [0.15, 0.2) is 5.78 Å². The number of para-hydroxylation sites is 2. The summed E-state index contributed by atoms with van der Waals surface area (Å²) in [5.41, 5.74) is 5.09. The van der Waals surface area contributed by atoms with Crippen molar-refractivity contribution in [1.29, 1.82) is 0 Å². The van der Waals surface area contributed by atoms with Gasteiger partial charge in [0.25, 0.3) is 0 Å². The molecule has 0 unspecified atom stereocenters. The number of hydrogen-bond donors (Lipinski definition) is 1. The first-order valence-corrected chi connectivity index (χ1v) is 12.7. The topological polar surface area (TPSA) is 84.9 Å². The van der Waals surface area contributed by atoms with E-state index in [1.54, 1.807) is 36.3 Å². The number of hydrogen-bond acceptors (Lipinski definition) is 6. The minimum Gasteiger partial charge on any atom is -0.497 e. The van der Waals surface area contributed by atoms with E-state index in [2.05, 4.69) is 5.32 Å². The van der Waals surface area contributed by atoms with Crippen LogP contribution in [0.15, 0.2) is 84.1 Å². The number of amides is 1. The third kappa shape index (κ3) is 4.56. The van der Waals surface area contributed by atoms with Gasteiger partial charge in [0.2, 0.25) is 5.91 Å². The molecule has 7 heteroatoms. The molecule has 0 aromatic heterocycles. The Labute approximate surface area is 222 Å². The van der Waals surface area contributed by atoms with Gasteiger partial charge in [0.1, 0.15) is 5.75 Å². The van der Waals surface area contributed by atoms with Gasteiger partial charge in [-0.3, -0.25) is 14.5 Å². The number of ether oxygens (including phenoxy) is 2. The first kappa shape index (κ1) is 25.3. The summed E-state index contributed by atoms with van der Waals surface area (Å²) in [5.74, 6) is 0.203. The Morgan fingerprint density at radius 1 is 0.921 bits per heavy atom. The number of ketones is 1. The zero-order valence-corrected chi connectivity index (χ0v) is 21.7. The predicted octanol–water partition coefficient (Wildman–Crippen LogP) is 5.79. The van der Waals surface area contributed by atoms with Gasteiger partial charge >= 0.3 is 5.97 Å². The summed E-state index contributed by atoms with van der Waals surface area (Å²) in [7, 11) is 2.97. The minimum atomic E-state index is -0.635. The fraction of sp³-hybridized carbons (Fsp3) is 0.258. The smallest absolute Gasteiger partial charge is 0.337 e. The maximum Gasteiger partial charge on any atom is 0.337 e. The number of Topliss-reactive ketones (excluding diaryl/α,β-unsaturated/α-hetero) is 1. The number of nitrogens with zero attached hydrogens (tertiary/aromatic N) is 1. The van der Waals surface area contributed by atoms with Gasteiger partial charge in [0.05, 0.1) is 37.2 Å². The Morgan fingerprint density at radius 3 is 2.26 bits per heavy atom. The molecule has 1 aliphatic carbocycles. The first-order valence-electron chi connectivity index (χ1n) is 12.7. The van der Waals surface area contributed by atoms with E-state index in [4.69, 9.17) is 9.47 Å². The van der Waals surface area contributed by atoms with Crippen LogP contribution >= 0.6 is 0 Å². The van der Waals surface area contributed by atoms with Crippen LogP contribution in [-0.4, -0.2) is 31.9 Å². The Bertz CT molecular complexity index is 1410. The highest BCUT2D eigenvalue weighted by atomic mass is 16.5. The lowest BCUT2D eigenvalue weighted by molar-refractivity contribution is -0.119. The van der Waals surface area contributed by atoms with Crippen LogP contribution in [0.5, 0.6) is 5.75 Å². The van der Waals surface area contributed by atoms with Gasteiger partial charge in [-0.1, -0.05) is 43.3 Å². The average Bonchev–Trinajstić information content (AvgIpc) is 3.11. The minimum absolute atomic E-state index is 0.0108. The number of carbonyl (C=O) groups is 3.